The highest BCUT2D eigenvalue weighted by Gasteiger charge is 2.30. The lowest BCUT2D eigenvalue weighted by molar-refractivity contribution is 0.101. The minimum absolute atomic E-state index is 0.245. The lowest BCUT2D eigenvalue weighted by Gasteiger charge is -2.21. The van der Waals surface area contributed by atoms with Gasteiger partial charge < -0.3 is 9.52 Å². The predicted molar refractivity (Wildman–Crippen MR) is 74.8 cm³/mol. The molecular weight excluding hydrogens is 296 g/mol. The number of nitrogens with zero attached hydrogens (tertiary/aromatic N) is 1. The van der Waals surface area contributed by atoms with Gasteiger partial charge in [0.15, 0.2) is 11.6 Å². The van der Waals surface area contributed by atoms with Crippen molar-refractivity contribution in [1.29, 1.82) is 0 Å². The molecule has 0 saturated heterocycles. The van der Waals surface area contributed by atoms with Crippen LogP contribution in [0.4, 0.5) is 8.78 Å². The molecule has 0 saturated carbocycles. The number of benzene rings is 1. The molecule has 0 amide bonds. The molecule has 1 unspecified atom stereocenters. The van der Waals surface area contributed by atoms with Gasteiger partial charge in [-0.05, 0) is 30.7 Å². The molecule has 0 fully saturated rings. The van der Waals surface area contributed by atoms with Gasteiger partial charge in [-0.1, -0.05) is 6.07 Å². The third-order valence-corrected chi connectivity index (χ3v) is 4.27. The van der Waals surface area contributed by atoms with Crippen LogP contribution in [0.2, 0.25) is 0 Å². The Morgan fingerprint density at radius 1 is 1.24 bits per heavy atom. The fourth-order valence-electron chi connectivity index (χ4n) is 1.96. The third-order valence-electron chi connectivity index (χ3n) is 3.22. The summed E-state index contributed by atoms with van der Waals surface area (Å²) in [4.78, 5) is 4.35. The quantitative estimate of drug-likeness (QED) is 0.797. The van der Waals surface area contributed by atoms with E-state index in [1.807, 2.05) is 0 Å². The Balaban J connectivity index is 1.99. The highest BCUT2D eigenvalue weighted by Crippen LogP contribution is 2.34. The standard InChI is InChI=1S/C15H11F2NO2S/c1-15(19,10-2-3-11(16)12(17)6-10)14-18-13(8-21-14)9-4-5-20-7-9/h2-8,19H,1H3. The highest BCUT2D eigenvalue weighted by molar-refractivity contribution is 7.10. The largest absolute Gasteiger partial charge is 0.472 e. The Morgan fingerprint density at radius 2 is 2.05 bits per heavy atom. The molecule has 0 aliphatic rings. The Morgan fingerprint density at radius 3 is 2.71 bits per heavy atom. The van der Waals surface area contributed by atoms with Gasteiger partial charge in [0.1, 0.15) is 10.6 Å². The van der Waals surface area contributed by atoms with Crippen molar-refractivity contribution in [3.63, 3.8) is 0 Å². The maximum atomic E-state index is 13.3. The molecule has 1 N–H and O–H groups in total. The van der Waals surface area contributed by atoms with E-state index in [1.165, 1.54) is 30.6 Å². The van der Waals surface area contributed by atoms with Gasteiger partial charge in [0.2, 0.25) is 0 Å². The van der Waals surface area contributed by atoms with Crippen LogP contribution in [-0.2, 0) is 5.60 Å². The van der Waals surface area contributed by atoms with Crippen LogP contribution in [0.3, 0.4) is 0 Å². The lowest BCUT2D eigenvalue weighted by atomic mass is 9.96. The predicted octanol–water partition coefficient (Wildman–Crippen LogP) is 3.94. The van der Waals surface area contributed by atoms with Crippen molar-refractivity contribution < 1.29 is 18.3 Å². The van der Waals surface area contributed by atoms with Crippen LogP contribution >= 0.6 is 11.3 Å². The van der Waals surface area contributed by atoms with Gasteiger partial charge in [0, 0.05) is 10.9 Å². The maximum absolute atomic E-state index is 13.3. The smallest absolute Gasteiger partial charge is 0.159 e. The summed E-state index contributed by atoms with van der Waals surface area (Å²) < 4.78 is 31.3. The Kier molecular flexibility index (Phi) is 3.35. The molecule has 3 rings (SSSR count). The molecule has 1 atom stereocenters. The molecule has 3 nitrogen and oxygen atoms in total. The van der Waals surface area contributed by atoms with Crippen LogP contribution in [0.15, 0.2) is 46.6 Å². The first kappa shape index (κ1) is 13.9. The number of thiazole rings is 1. The number of hydrogen-bond acceptors (Lipinski definition) is 4. The number of halogens is 2. The fourth-order valence-corrected chi connectivity index (χ4v) is 2.87. The van der Waals surface area contributed by atoms with Crippen molar-refractivity contribution in [3.05, 3.63) is 64.4 Å². The lowest BCUT2D eigenvalue weighted by Crippen LogP contribution is -2.22. The first-order valence-electron chi connectivity index (χ1n) is 6.15. The minimum Gasteiger partial charge on any atom is -0.472 e. The summed E-state index contributed by atoms with van der Waals surface area (Å²) in [6.07, 6.45) is 3.08. The molecule has 6 heteroatoms. The van der Waals surface area contributed by atoms with E-state index < -0.39 is 17.2 Å². The van der Waals surface area contributed by atoms with Gasteiger partial charge in [-0.25, -0.2) is 13.8 Å². The molecule has 21 heavy (non-hydrogen) atoms. The SMILES string of the molecule is CC(O)(c1ccc(F)c(F)c1)c1nc(-c2ccoc2)cs1. The molecule has 2 aromatic heterocycles. The Labute approximate surface area is 123 Å². The van der Waals surface area contributed by atoms with Crippen LogP contribution in [-0.4, -0.2) is 10.1 Å². The molecule has 0 spiro atoms. The van der Waals surface area contributed by atoms with Crippen molar-refractivity contribution in [2.75, 3.05) is 0 Å². The van der Waals surface area contributed by atoms with Crippen LogP contribution in [0, 0.1) is 11.6 Å². The van der Waals surface area contributed by atoms with Gasteiger partial charge >= 0.3 is 0 Å². The van der Waals surface area contributed by atoms with Gasteiger partial charge in [-0.3, -0.25) is 0 Å². The van der Waals surface area contributed by atoms with Crippen molar-refractivity contribution in [1.82, 2.24) is 4.98 Å². The first-order chi connectivity index (χ1) is 9.98. The van der Waals surface area contributed by atoms with Gasteiger partial charge in [0.25, 0.3) is 0 Å². The molecule has 3 aromatic rings. The van der Waals surface area contributed by atoms with E-state index in [4.69, 9.17) is 4.42 Å². The summed E-state index contributed by atoms with van der Waals surface area (Å²) in [7, 11) is 0. The summed E-state index contributed by atoms with van der Waals surface area (Å²) in [5, 5.41) is 12.8. The Bertz CT molecular complexity index is 766. The van der Waals surface area contributed by atoms with Crippen molar-refractivity contribution in [2.24, 2.45) is 0 Å². The van der Waals surface area contributed by atoms with E-state index in [2.05, 4.69) is 4.98 Å². The zero-order valence-electron chi connectivity index (χ0n) is 11.0. The van der Waals surface area contributed by atoms with Gasteiger partial charge in [-0.2, -0.15) is 0 Å². The summed E-state index contributed by atoms with van der Waals surface area (Å²) in [5.41, 5.74) is 0.195. The molecule has 1 aromatic carbocycles. The van der Waals surface area contributed by atoms with E-state index in [0.29, 0.717) is 10.7 Å². The maximum Gasteiger partial charge on any atom is 0.159 e. The van der Waals surface area contributed by atoms with Gasteiger partial charge in [0.05, 0.1) is 18.2 Å². The number of rotatable bonds is 3. The third kappa shape index (κ3) is 2.48. The van der Waals surface area contributed by atoms with Crippen molar-refractivity contribution in [2.45, 2.75) is 12.5 Å². The van der Waals surface area contributed by atoms with E-state index >= 15 is 0 Å². The van der Waals surface area contributed by atoms with E-state index in [9.17, 15) is 13.9 Å². The molecule has 108 valence electrons. The Hall–Kier alpha value is -2.05. The second-order valence-corrected chi connectivity index (χ2v) is 5.61. The molecule has 0 aliphatic carbocycles. The topological polar surface area (TPSA) is 46.3 Å². The average Bonchev–Trinajstić information content (AvgIpc) is 3.11. The second kappa shape index (κ2) is 5.05. The zero-order valence-corrected chi connectivity index (χ0v) is 11.8. The van der Waals surface area contributed by atoms with Crippen LogP contribution in [0.25, 0.3) is 11.3 Å². The van der Waals surface area contributed by atoms with Crippen LogP contribution in [0.5, 0.6) is 0 Å². The fraction of sp³-hybridized carbons (Fsp3) is 0.133. The van der Waals surface area contributed by atoms with E-state index in [-0.39, 0.29) is 5.56 Å². The second-order valence-electron chi connectivity index (χ2n) is 4.75. The summed E-state index contributed by atoms with van der Waals surface area (Å²) in [6.45, 7) is 1.50. The first-order valence-corrected chi connectivity index (χ1v) is 7.03. The normalized spacial score (nSPS) is 14.1. The number of hydrogen-bond donors (Lipinski definition) is 1. The minimum atomic E-state index is -1.50. The van der Waals surface area contributed by atoms with Crippen LogP contribution in [0.1, 0.15) is 17.5 Å². The van der Waals surface area contributed by atoms with Crippen molar-refractivity contribution in [3.8, 4) is 11.3 Å². The number of aliphatic hydroxyl groups is 1. The van der Waals surface area contributed by atoms with E-state index in [1.54, 1.807) is 17.7 Å². The zero-order chi connectivity index (χ0) is 15.0. The van der Waals surface area contributed by atoms with Gasteiger partial charge in [-0.15, -0.1) is 11.3 Å². The monoisotopic (exact) mass is 307 g/mol. The average molecular weight is 307 g/mol. The molecule has 0 bridgehead atoms. The molecule has 0 aliphatic heterocycles. The highest BCUT2D eigenvalue weighted by atomic mass is 32.1. The van der Waals surface area contributed by atoms with E-state index in [0.717, 1.165) is 17.7 Å². The molecule has 0 radical (unpaired) electrons. The molecular formula is C15H11F2NO2S. The number of furan rings is 1. The summed E-state index contributed by atoms with van der Waals surface area (Å²) in [5.74, 6) is -1.95. The molecule has 2 heterocycles. The van der Waals surface area contributed by atoms with Crippen molar-refractivity contribution >= 4 is 11.3 Å². The number of aromatic nitrogens is 1. The van der Waals surface area contributed by atoms with Crippen LogP contribution < -0.4 is 0 Å². The summed E-state index contributed by atoms with van der Waals surface area (Å²) >= 11 is 1.24. The summed E-state index contributed by atoms with van der Waals surface area (Å²) in [6, 6.07) is 5.07.